The van der Waals surface area contributed by atoms with Crippen molar-refractivity contribution >= 4 is 10.0 Å². The highest BCUT2D eigenvalue weighted by Gasteiger charge is 2.33. The van der Waals surface area contributed by atoms with Gasteiger partial charge in [0.25, 0.3) is 0 Å². The Hall–Kier alpha value is -1.27. The molecule has 5 nitrogen and oxygen atoms in total. The molecule has 6 heteroatoms. The fourth-order valence-corrected chi connectivity index (χ4v) is 4.80. The summed E-state index contributed by atoms with van der Waals surface area (Å²) < 4.78 is 37.3. The fourth-order valence-electron chi connectivity index (χ4n) is 2.95. The summed E-state index contributed by atoms with van der Waals surface area (Å²) in [4.78, 5) is 0. The maximum Gasteiger partial charge on any atom is 0.214 e. The first-order chi connectivity index (χ1) is 10.4. The maximum absolute atomic E-state index is 12.5. The molecule has 0 aromatic heterocycles. The van der Waals surface area contributed by atoms with Crippen LogP contribution in [0.3, 0.4) is 0 Å². The van der Waals surface area contributed by atoms with Crippen LogP contribution in [0.1, 0.15) is 43.9 Å². The second kappa shape index (κ2) is 6.87. The van der Waals surface area contributed by atoms with Crippen molar-refractivity contribution in [3.8, 4) is 11.5 Å². The molecule has 1 aromatic carbocycles. The second-order valence-electron chi connectivity index (χ2n) is 5.61. The van der Waals surface area contributed by atoms with Crippen LogP contribution in [0, 0.1) is 0 Å². The lowest BCUT2D eigenvalue weighted by Gasteiger charge is -2.34. The molecule has 22 heavy (non-hydrogen) atoms. The molecule has 0 aliphatic carbocycles. The van der Waals surface area contributed by atoms with Crippen molar-refractivity contribution in [2.75, 3.05) is 26.5 Å². The van der Waals surface area contributed by atoms with Crippen LogP contribution in [0.2, 0.25) is 0 Å². The normalized spacial score (nSPS) is 18.8. The molecule has 0 saturated heterocycles. The van der Waals surface area contributed by atoms with Gasteiger partial charge in [0.1, 0.15) is 0 Å². The van der Waals surface area contributed by atoms with Crippen molar-refractivity contribution in [3.63, 3.8) is 0 Å². The summed E-state index contributed by atoms with van der Waals surface area (Å²) in [6, 6.07) is 3.69. The first kappa shape index (κ1) is 17.1. The number of methoxy groups -OCH3 is 2. The zero-order chi connectivity index (χ0) is 16.3. The van der Waals surface area contributed by atoms with E-state index in [4.69, 9.17) is 9.47 Å². The highest BCUT2D eigenvalue weighted by atomic mass is 32.2. The quantitative estimate of drug-likeness (QED) is 0.806. The van der Waals surface area contributed by atoms with Crippen LogP contribution in [0.25, 0.3) is 0 Å². The van der Waals surface area contributed by atoms with Crippen LogP contribution in [0.15, 0.2) is 12.1 Å². The molecular weight excluding hydrogens is 302 g/mol. The molecule has 0 fully saturated rings. The van der Waals surface area contributed by atoms with Crippen molar-refractivity contribution in [1.29, 1.82) is 0 Å². The number of ether oxygens (including phenoxy) is 2. The third kappa shape index (κ3) is 3.22. The maximum atomic E-state index is 12.5. The number of hydrogen-bond acceptors (Lipinski definition) is 4. The van der Waals surface area contributed by atoms with Gasteiger partial charge in [-0.25, -0.2) is 8.42 Å². The lowest BCUT2D eigenvalue weighted by Crippen LogP contribution is -2.40. The van der Waals surface area contributed by atoms with Gasteiger partial charge in [0.2, 0.25) is 10.0 Å². The molecule has 1 atom stereocenters. The number of sulfonamides is 1. The van der Waals surface area contributed by atoms with Gasteiger partial charge in [-0.2, -0.15) is 4.31 Å². The van der Waals surface area contributed by atoms with Crippen LogP contribution < -0.4 is 9.47 Å². The van der Waals surface area contributed by atoms with Gasteiger partial charge in [0.05, 0.1) is 20.0 Å². The third-order valence-corrected chi connectivity index (χ3v) is 6.26. The molecule has 2 rings (SSSR count). The van der Waals surface area contributed by atoms with Crippen LogP contribution in [0.5, 0.6) is 11.5 Å². The van der Waals surface area contributed by atoms with E-state index in [1.165, 1.54) is 0 Å². The van der Waals surface area contributed by atoms with Crippen LogP contribution in [0.4, 0.5) is 0 Å². The third-order valence-electron chi connectivity index (χ3n) is 4.24. The molecule has 1 heterocycles. The summed E-state index contributed by atoms with van der Waals surface area (Å²) in [5, 5.41) is 0. The highest BCUT2D eigenvalue weighted by molar-refractivity contribution is 7.89. The molecule has 1 aromatic rings. The minimum atomic E-state index is -3.21. The Balaban J connectivity index is 2.35. The van der Waals surface area contributed by atoms with Gasteiger partial charge >= 0.3 is 0 Å². The van der Waals surface area contributed by atoms with Crippen molar-refractivity contribution in [1.82, 2.24) is 4.31 Å². The van der Waals surface area contributed by atoms with E-state index in [0.29, 0.717) is 30.9 Å². The largest absolute Gasteiger partial charge is 0.493 e. The molecule has 124 valence electrons. The number of rotatable bonds is 6. The van der Waals surface area contributed by atoms with Gasteiger partial charge in [0.15, 0.2) is 11.5 Å². The lowest BCUT2D eigenvalue weighted by molar-refractivity contribution is 0.318. The number of hydrogen-bond donors (Lipinski definition) is 0. The van der Waals surface area contributed by atoms with Crippen LogP contribution in [-0.2, 0) is 16.4 Å². The van der Waals surface area contributed by atoms with Gasteiger partial charge in [-0.05, 0) is 43.0 Å². The Morgan fingerprint density at radius 1 is 1.23 bits per heavy atom. The van der Waals surface area contributed by atoms with Gasteiger partial charge < -0.3 is 9.47 Å². The van der Waals surface area contributed by atoms with E-state index in [0.717, 1.165) is 17.5 Å². The number of unbranched alkanes of at least 4 members (excludes halogenated alkanes) is 1. The molecule has 1 aliphatic rings. The summed E-state index contributed by atoms with van der Waals surface area (Å²) in [6.45, 7) is 4.46. The average molecular weight is 327 g/mol. The lowest BCUT2D eigenvalue weighted by atomic mass is 9.94. The first-order valence-corrected chi connectivity index (χ1v) is 9.29. The van der Waals surface area contributed by atoms with E-state index in [1.54, 1.807) is 18.5 Å². The molecule has 1 aliphatic heterocycles. The van der Waals surface area contributed by atoms with Crippen molar-refractivity contribution < 1.29 is 17.9 Å². The van der Waals surface area contributed by atoms with Gasteiger partial charge in [0, 0.05) is 12.6 Å². The van der Waals surface area contributed by atoms with E-state index >= 15 is 0 Å². The monoisotopic (exact) mass is 327 g/mol. The summed E-state index contributed by atoms with van der Waals surface area (Å²) >= 11 is 0. The van der Waals surface area contributed by atoms with E-state index in [-0.39, 0.29) is 11.8 Å². The zero-order valence-corrected chi connectivity index (χ0v) is 14.6. The molecular formula is C16H25NO4S. The molecule has 0 N–H and O–H groups in total. The molecule has 0 spiro atoms. The number of nitrogens with zero attached hydrogens (tertiary/aromatic N) is 1. The molecule has 0 amide bonds. The predicted octanol–water partition coefficient (Wildman–Crippen LogP) is 2.75. The Morgan fingerprint density at radius 2 is 1.86 bits per heavy atom. The molecule has 0 bridgehead atoms. The summed E-state index contributed by atoms with van der Waals surface area (Å²) in [7, 11) is -0.0115. The van der Waals surface area contributed by atoms with E-state index in [9.17, 15) is 8.42 Å². The topological polar surface area (TPSA) is 55.8 Å². The summed E-state index contributed by atoms with van der Waals surface area (Å²) in [5.41, 5.74) is 2.14. The van der Waals surface area contributed by atoms with Gasteiger partial charge in [-0.1, -0.05) is 13.3 Å². The number of fused-ring (bicyclic) bond motifs is 1. The van der Waals surface area contributed by atoms with E-state index in [2.05, 4.69) is 0 Å². The summed E-state index contributed by atoms with van der Waals surface area (Å²) in [6.07, 6.45) is 2.28. The van der Waals surface area contributed by atoms with Gasteiger partial charge in [-0.15, -0.1) is 0 Å². The average Bonchev–Trinajstić information content (AvgIpc) is 2.51. The minimum absolute atomic E-state index is 0.176. The Kier molecular flexibility index (Phi) is 5.34. The standard InChI is InChI=1S/C16H25NO4S/c1-5-6-9-22(18,19)17-8-7-13-10-15(20-3)16(21-4)11-14(13)12(17)2/h10-12H,5-9H2,1-4H3. The zero-order valence-electron chi connectivity index (χ0n) is 13.8. The van der Waals surface area contributed by atoms with Crippen LogP contribution in [-0.4, -0.2) is 39.2 Å². The van der Waals surface area contributed by atoms with Gasteiger partial charge in [-0.3, -0.25) is 0 Å². The second-order valence-corrected chi connectivity index (χ2v) is 7.65. The minimum Gasteiger partial charge on any atom is -0.493 e. The Bertz CT molecular complexity index is 627. The SMILES string of the molecule is CCCCS(=O)(=O)N1CCc2cc(OC)c(OC)cc2C1C. The predicted molar refractivity (Wildman–Crippen MR) is 87.1 cm³/mol. The fraction of sp³-hybridized carbons (Fsp3) is 0.625. The van der Waals surface area contributed by atoms with Crippen molar-refractivity contribution in [2.24, 2.45) is 0 Å². The summed E-state index contributed by atoms with van der Waals surface area (Å²) in [5.74, 6) is 1.55. The van der Waals surface area contributed by atoms with E-state index in [1.807, 2.05) is 26.0 Å². The number of benzene rings is 1. The first-order valence-electron chi connectivity index (χ1n) is 7.69. The molecule has 1 unspecified atom stereocenters. The Morgan fingerprint density at radius 3 is 2.45 bits per heavy atom. The highest BCUT2D eigenvalue weighted by Crippen LogP contribution is 2.38. The molecule has 0 radical (unpaired) electrons. The molecule has 0 saturated carbocycles. The smallest absolute Gasteiger partial charge is 0.214 e. The van der Waals surface area contributed by atoms with Crippen LogP contribution >= 0.6 is 0 Å². The van der Waals surface area contributed by atoms with E-state index < -0.39 is 10.0 Å². The van der Waals surface area contributed by atoms with Crippen molar-refractivity contribution in [2.45, 2.75) is 39.2 Å². The van der Waals surface area contributed by atoms with Crippen molar-refractivity contribution in [3.05, 3.63) is 23.3 Å². The Labute approximate surface area is 133 Å².